The lowest BCUT2D eigenvalue weighted by molar-refractivity contribution is -0.176. The Kier molecular flexibility index (Phi) is 6.45. The van der Waals surface area contributed by atoms with Crippen LogP contribution in [0.25, 0.3) is 0 Å². The van der Waals surface area contributed by atoms with E-state index in [0.29, 0.717) is 6.54 Å². The number of nitrogens with two attached hydrogens (primary N) is 1. The molecule has 2 N–H and O–H groups in total. The van der Waals surface area contributed by atoms with Gasteiger partial charge in [-0.2, -0.15) is 0 Å². The van der Waals surface area contributed by atoms with Gasteiger partial charge in [-0.05, 0) is 26.0 Å². The van der Waals surface area contributed by atoms with Gasteiger partial charge >= 0.3 is 0 Å². The summed E-state index contributed by atoms with van der Waals surface area (Å²) in [6.45, 7) is 3.45. The fraction of sp³-hybridized carbons (Fsp3) is 0.600. The van der Waals surface area contributed by atoms with Crippen LogP contribution in [-0.2, 0) is 15.9 Å². The second-order valence-corrected chi connectivity index (χ2v) is 5.02. The Morgan fingerprint density at radius 2 is 1.79 bits per heavy atom. The van der Waals surface area contributed by atoms with Crippen LogP contribution >= 0.6 is 0 Å². The summed E-state index contributed by atoms with van der Waals surface area (Å²) in [5.74, 6) is 0. The molecule has 4 nitrogen and oxygen atoms in total. The number of methoxy groups -OCH3 is 2. The van der Waals surface area contributed by atoms with Gasteiger partial charge in [-0.25, -0.2) is 0 Å². The van der Waals surface area contributed by atoms with Crippen LogP contribution in [0.2, 0.25) is 0 Å². The minimum Gasteiger partial charge on any atom is -0.354 e. The summed E-state index contributed by atoms with van der Waals surface area (Å²) in [6.07, 6.45) is 0.644. The Hall–Kier alpha value is -0.940. The summed E-state index contributed by atoms with van der Waals surface area (Å²) in [5.41, 5.74) is 6.91. The van der Waals surface area contributed by atoms with E-state index in [-0.39, 0.29) is 11.8 Å². The lowest BCUT2D eigenvalue weighted by atomic mass is 9.98. The molecule has 0 aliphatic carbocycles. The molecule has 0 saturated heterocycles. The number of ether oxygens (including phenoxy) is 2. The molecule has 0 aliphatic heterocycles. The third kappa shape index (κ3) is 4.01. The zero-order chi connectivity index (χ0) is 14.3. The number of hydrogen-bond donors (Lipinski definition) is 1. The van der Waals surface area contributed by atoms with Crippen LogP contribution in [0, 0.1) is 0 Å². The van der Waals surface area contributed by atoms with Gasteiger partial charge in [-0.1, -0.05) is 30.3 Å². The average molecular weight is 266 g/mol. The van der Waals surface area contributed by atoms with E-state index in [1.165, 1.54) is 5.56 Å². The molecular formula is C15H26N2O2. The minimum atomic E-state index is -0.335. The fourth-order valence-corrected chi connectivity index (χ4v) is 2.23. The Labute approximate surface area is 116 Å². The number of benzene rings is 1. The summed E-state index contributed by atoms with van der Waals surface area (Å²) in [4.78, 5) is 2.21. The van der Waals surface area contributed by atoms with E-state index < -0.39 is 0 Å². The molecule has 0 saturated carbocycles. The molecule has 4 heteroatoms. The summed E-state index contributed by atoms with van der Waals surface area (Å²) in [5, 5.41) is 0. The van der Waals surface area contributed by atoms with E-state index in [0.717, 1.165) is 13.0 Å². The molecule has 0 aromatic heterocycles. The van der Waals surface area contributed by atoms with Gasteiger partial charge in [0.05, 0.1) is 5.54 Å². The monoisotopic (exact) mass is 266 g/mol. The van der Waals surface area contributed by atoms with Gasteiger partial charge in [-0.15, -0.1) is 0 Å². The molecular weight excluding hydrogens is 240 g/mol. The standard InChI is InChI=1S/C15H26N2O2/c1-15(12-16,14(18-3)19-4)17(2)11-10-13-8-6-5-7-9-13/h5-9,14H,10-12,16H2,1-4H3. The molecule has 0 spiro atoms. The summed E-state index contributed by atoms with van der Waals surface area (Å²) < 4.78 is 10.8. The molecule has 1 atom stereocenters. The highest BCUT2D eigenvalue weighted by Gasteiger charge is 2.37. The number of nitrogens with zero attached hydrogens (tertiary/aromatic N) is 1. The van der Waals surface area contributed by atoms with Crippen molar-refractivity contribution in [1.29, 1.82) is 0 Å². The van der Waals surface area contributed by atoms with Gasteiger partial charge in [-0.3, -0.25) is 4.90 Å². The number of hydrogen-bond acceptors (Lipinski definition) is 4. The largest absolute Gasteiger partial charge is 0.354 e. The third-order valence-corrected chi connectivity index (χ3v) is 3.80. The average Bonchev–Trinajstić information content (AvgIpc) is 2.46. The van der Waals surface area contributed by atoms with Crippen LogP contribution in [0.3, 0.4) is 0 Å². The molecule has 19 heavy (non-hydrogen) atoms. The maximum atomic E-state index is 5.93. The predicted molar refractivity (Wildman–Crippen MR) is 78.0 cm³/mol. The van der Waals surface area contributed by atoms with Crippen molar-refractivity contribution in [2.45, 2.75) is 25.2 Å². The van der Waals surface area contributed by atoms with E-state index in [9.17, 15) is 0 Å². The van der Waals surface area contributed by atoms with Crippen molar-refractivity contribution in [3.63, 3.8) is 0 Å². The summed E-state index contributed by atoms with van der Waals surface area (Å²) in [7, 11) is 5.35. The topological polar surface area (TPSA) is 47.7 Å². The Morgan fingerprint density at radius 3 is 2.26 bits per heavy atom. The van der Waals surface area contributed by atoms with Crippen LogP contribution in [0.15, 0.2) is 30.3 Å². The minimum absolute atomic E-state index is 0.335. The van der Waals surface area contributed by atoms with Gasteiger partial charge in [0.2, 0.25) is 0 Å². The van der Waals surface area contributed by atoms with Crippen molar-refractivity contribution in [3.05, 3.63) is 35.9 Å². The van der Waals surface area contributed by atoms with Gasteiger partial charge in [0.15, 0.2) is 6.29 Å². The first-order valence-electron chi connectivity index (χ1n) is 6.59. The van der Waals surface area contributed by atoms with Gasteiger partial charge in [0.25, 0.3) is 0 Å². The van der Waals surface area contributed by atoms with Crippen molar-refractivity contribution in [2.75, 3.05) is 34.4 Å². The van der Waals surface area contributed by atoms with E-state index in [4.69, 9.17) is 15.2 Å². The molecule has 1 aromatic carbocycles. The van der Waals surface area contributed by atoms with Crippen LogP contribution in [-0.4, -0.2) is 51.1 Å². The van der Waals surface area contributed by atoms with E-state index in [1.807, 2.05) is 6.07 Å². The van der Waals surface area contributed by atoms with Crippen molar-refractivity contribution in [3.8, 4) is 0 Å². The highest BCUT2D eigenvalue weighted by atomic mass is 16.7. The van der Waals surface area contributed by atoms with Gasteiger partial charge < -0.3 is 15.2 Å². The van der Waals surface area contributed by atoms with Crippen LogP contribution in [0.1, 0.15) is 12.5 Å². The molecule has 1 rings (SSSR count). The van der Waals surface area contributed by atoms with Crippen molar-refractivity contribution in [1.82, 2.24) is 4.90 Å². The van der Waals surface area contributed by atoms with Crippen LogP contribution in [0.4, 0.5) is 0 Å². The lowest BCUT2D eigenvalue weighted by Gasteiger charge is -2.42. The quantitative estimate of drug-likeness (QED) is 0.724. The SMILES string of the molecule is COC(OC)C(C)(CN)N(C)CCc1ccccc1. The summed E-state index contributed by atoms with van der Waals surface area (Å²) >= 11 is 0. The molecule has 0 aliphatic rings. The molecule has 0 fully saturated rings. The molecule has 0 heterocycles. The highest BCUT2D eigenvalue weighted by molar-refractivity contribution is 5.15. The van der Waals surface area contributed by atoms with E-state index in [1.54, 1.807) is 14.2 Å². The molecule has 1 aromatic rings. The number of rotatable bonds is 8. The first-order valence-corrected chi connectivity index (χ1v) is 6.59. The zero-order valence-electron chi connectivity index (χ0n) is 12.4. The fourth-order valence-electron chi connectivity index (χ4n) is 2.23. The molecule has 0 bridgehead atoms. The van der Waals surface area contributed by atoms with E-state index in [2.05, 4.69) is 43.1 Å². The number of likely N-dealkylation sites (N-methyl/N-ethyl adjacent to an activating group) is 1. The molecule has 0 radical (unpaired) electrons. The zero-order valence-corrected chi connectivity index (χ0v) is 12.4. The maximum absolute atomic E-state index is 5.93. The third-order valence-electron chi connectivity index (χ3n) is 3.80. The predicted octanol–water partition coefficient (Wildman–Crippen LogP) is 1.50. The molecule has 108 valence electrons. The second-order valence-electron chi connectivity index (χ2n) is 5.02. The molecule has 1 unspecified atom stereocenters. The Bertz CT molecular complexity index is 354. The Balaban J connectivity index is 2.65. The first-order chi connectivity index (χ1) is 9.08. The van der Waals surface area contributed by atoms with E-state index >= 15 is 0 Å². The highest BCUT2D eigenvalue weighted by Crippen LogP contribution is 2.20. The smallest absolute Gasteiger partial charge is 0.176 e. The van der Waals surface area contributed by atoms with Crippen molar-refractivity contribution in [2.24, 2.45) is 5.73 Å². The van der Waals surface area contributed by atoms with Crippen LogP contribution < -0.4 is 5.73 Å². The molecule has 0 amide bonds. The second kappa shape index (κ2) is 7.60. The maximum Gasteiger partial charge on any atom is 0.176 e. The first kappa shape index (κ1) is 16.1. The van der Waals surface area contributed by atoms with Gasteiger partial charge in [0.1, 0.15) is 0 Å². The Morgan fingerprint density at radius 1 is 1.21 bits per heavy atom. The van der Waals surface area contributed by atoms with Crippen molar-refractivity contribution >= 4 is 0 Å². The lowest BCUT2D eigenvalue weighted by Crippen LogP contribution is -2.59. The van der Waals surface area contributed by atoms with Gasteiger partial charge in [0, 0.05) is 27.3 Å². The van der Waals surface area contributed by atoms with Crippen LogP contribution in [0.5, 0.6) is 0 Å². The normalized spacial score (nSPS) is 14.9. The summed E-state index contributed by atoms with van der Waals surface area (Å²) in [6, 6.07) is 10.4. The van der Waals surface area contributed by atoms with Crippen molar-refractivity contribution < 1.29 is 9.47 Å².